The molecule has 1 N–H and O–H groups in total. The van der Waals surface area contributed by atoms with Crippen LogP contribution in [-0.4, -0.2) is 38.8 Å². The van der Waals surface area contributed by atoms with Crippen LogP contribution in [0.15, 0.2) is 30.9 Å². The summed E-state index contributed by atoms with van der Waals surface area (Å²) in [6, 6.07) is 3.55. The van der Waals surface area contributed by atoms with E-state index in [0.29, 0.717) is 24.1 Å². The molecule has 156 valence electrons. The third-order valence-electron chi connectivity index (χ3n) is 8.02. The van der Waals surface area contributed by atoms with E-state index in [2.05, 4.69) is 20.3 Å². The van der Waals surface area contributed by atoms with Crippen molar-refractivity contribution in [2.45, 2.75) is 51.5 Å². The predicted octanol–water partition coefficient (Wildman–Crippen LogP) is 3.70. The first-order valence-corrected chi connectivity index (χ1v) is 11.4. The van der Waals surface area contributed by atoms with E-state index in [4.69, 9.17) is 0 Å². The van der Waals surface area contributed by atoms with Crippen LogP contribution in [0.3, 0.4) is 0 Å². The molecule has 30 heavy (non-hydrogen) atoms. The number of carbonyl (C=O) groups is 1. The third kappa shape index (κ3) is 3.17. The highest BCUT2D eigenvalue weighted by molar-refractivity contribution is 5.94. The molecule has 4 fully saturated rings. The first-order valence-electron chi connectivity index (χ1n) is 11.4. The van der Waals surface area contributed by atoms with Crippen LogP contribution >= 0.6 is 0 Å². The third-order valence-corrected chi connectivity index (χ3v) is 8.02. The summed E-state index contributed by atoms with van der Waals surface area (Å²) in [4.78, 5) is 27.8. The number of rotatable bonds is 4. The van der Waals surface area contributed by atoms with Gasteiger partial charge in [-0.2, -0.15) is 0 Å². The smallest absolute Gasteiger partial charge is 0.254 e. The van der Waals surface area contributed by atoms with Gasteiger partial charge >= 0.3 is 0 Å². The van der Waals surface area contributed by atoms with Crippen molar-refractivity contribution in [2.24, 2.45) is 23.2 Å². The molecule has 6 nitrogen and oxygen atoms in total. The lowest BCUT2D eigenvalue weighted by atomic mass is 9.49. The van der Waals surface area contributed by atoms with Gasteiger partial charge in [-0.15, -0.1) is 0 Å². The molecule has 6 heteroatoms. The van der Waals surface area contributed by atoms with Gasteiger partial charge in [0, 0.05) is 36.6 Å². The number of anilines is 1. The van der Waals surface area contributed by atoms with Gasteiger partial charge in [0.1, 0.15) is 12.1 Å². The van der Waals surface area contributed by atoms with Gasteiger partial charge in [0.25, 0.3) is 5.91 Å². The second kappa shape index (κ2) is 7.03. The summed E-state index contributed by atoms with van der Waals surface area (Å²) in [5, 5.41) is 3.74. The van der Waals surface area contributed by atoms with Crippen LogP contribution in [0.2, 0.25) is 0 Å². The zero-order valence-corrected chi connectivity index (χ0v) is 17.4. The lowest BCUT2D eigenvalue weighted by Crippen LogP contribution is -2.49. The summed E-state index contributed by atoms with van der Waals surface area (Å²) in [6.07, 6.45) is 14.4. The average Bonchev–Trinajstić information content (AvgIpc) is 2.76. The summed E-state index contributed by atoms with van der Waals surface area (Å²) in [5.41, 5.74) is 3.33. The van der Waals surface area contributed by atoms with Gasteiger partial charge in [0.15, 0.2) is 0 Å². The first-order chi connectivity index (χ1) is 14.7. The molecule has 2 aromatic heterocycles. The minimum Gasteiger partial charge on any atom is -0.369 e. The number of aromatic nitrogens is 3. The average molecular weight is 404 g/mol. The van der Waals surface area contributed by atoms with Crippen LogP contribution in [0, 0.1) is 23.2 Å². The zero-order valence-electron chi connectivity index (χ0n) is 17.4. The van der Waals surface area contributed by atoms with Crippen molar-refractivity contribution < 1.29 is 4.79 Å². The van der Waals surface area contributed by atoms with Crippen molar-refractivity contribution in [3.63, 3.8) is 0 Å². The van der Waals surface area contributed by atoms with Crippen molar-refractivity contribution >= 4 is 11.7 Å². The van der Waals surface area contributed by atoms with E-state index in [1.54, 1.807) is 30.9 Å². The van der Waals surface area contributed by atoms with Crippen molar-refractivity contribution in [3.05, 3.63) is 47.7 Å². The second-order valence-electron chi connectivity index (χ2n) is 10.1. The number of hydrogen-bond acceptors (Lipinski definition) is 5. The highest BCUT2D eigenvalue weighted by Gasteiger charge is 2.50. The Balaban J connectivity index is 1.17. The number of nitrogens with zero attached hydrogens (tertiary/aromatic N) is 4. The summed E-state index contributed by atoms with van der Waals surface area (Å²) in [7, 11) is 0. The highest BCUT2D eigenvalue weighted by atomic mass is 16.2. The van der Waals surface area contributed by atoms with E-state index in [9.17, 15) is 4.79 Å². The van der Waals surface area contributed by atoms with Crippen LogP contribution in [0.1, 0.15) is 60.1 Å². The molecule has 0 aromatic carbocycles. The van der Waals surface area contributed by atoms with Gasteiger partial charge in [-0.25, -0.2) is 9.97 Å². The van der Waals surface area contributed by atoms with Crippen LogP contribution in [0.4, 0.5) is 5.82 Å². The quantitative estimate of drug-likeness (QED) is 0.843. The molecule has 0 saturated heterocycles. The Kier molecular flexibility index (Phi) is 4.29. The van der Waals surface area contributed by atoms with Crippen LogP contribution < -0.4 is 5.32 Å². The van der Waals surface area contributed by atoms with E-state index >= 15 is 0 Å². The monoisotopic (exact) mass is 403 g/mol. The minimum absolute atomic E-state index is 0.0461. The lowest BCUT2D eigenvalue weighted by molar-refractivity contribution is -0.0444. The number of carbonyl (C=O) groups excluding carboxylic acids is 1. The highest BCUT2D eigenvalue weighted by Crippen LogP contribution is 2.59. The maximum atomic E-state index is 12.8. The molecule has 4 aliphatic carbocycles. The van der Waals surface area contributed by atoms with Crippen LogP contribution in [0.5, 0.6) is 0 Å². The van der Waals surface area contributed by atoms with Crippen molar-refractivity contribution in [2.75, 3.05) is 18.4 Å². The van der Waals surface area contributed by atoms with Gasteiger partial charge in [0.05, 0.1) is 12.2 Å². The topological polar surface area (TPSA) is 71.0 Å². The molecule has 7 rings (SSSR count). The normalized spacial score (nSPS) is 31.5. The Morgan fingerprint density at radius 1 is 1.07 bits per heavy atom. The number of fused-ring (bicyclic) bond motifs is 1. The molecule has 4 bridgehead atoms. The molecule has 0 atom stereocenters. The number of amides is 1. The molecular formula is C24H29N5O. The van der Waals surface area contributed by atoms with Gasteiger partial charge in [-0.1, -0.05) is 0 Å². The van der Waals surface area contributed by atoms with E-state index in [-0.39, 0.29) is 5.91 Å². The molecule has 0 radical (unpaired) electrons. The van der Waals surface area contributed by atoms with Crippen molar-refractivity contribution in [3.8, 4) is 0 Å². The summed E-state index contributed by atoms with van der Waals surface area (Å²) in [6.45, 7) is 2.29. The Labute approximate surface area is 177 Å². The molecule has 1 amide bonds. The van der Waals surface area contributed by atoms with Crippen LogP contribution in [0.25, 0.3) is 0 Å². The summed E-state index contributed by atoms with van der Waals surface area (Å²) >= 11 is 0. The number of hydrogen-bond donors (Lipinski definition) is 1. The van der Waals surface area contributed by atoms with E-state index in [0.717, 1.165) is 42.2 Å². The fourth-order valence-electron chi connectivity index (χ4n) is 7.13. The Bertz CT molecular complexity index is 924. The van der Waals surface area contributed by atoms with Gasteiger partial charge in [0.2, 0.25) is 0 Å². The second-order valence-corrected chi connectivity index (χ2v) is 10.1. The molecular weight excluding hydrogens is 374 g/mol. The maximum Gasteiger partial charge on any atom is 0.254 e. The molecule has 0 spiro atoms. The summed E-state index contributed by atoms with van der Waals surface area (Å²) < 4.78 is 0. The number of nitrogens with one attached hydrogen (secondary N) is 1. The van der Waals surface area contributed by atoms with E-state index < -0.39 is 0 Å². The van der Waals surface area contributed by atoms with Crippen molar-refractivity contribution in [1.82, 2.24) is 19.9 Å². The van der Waals surface area contributed by atoms with Gasteiger partial charge in [-0.3, -0.25) is 9.78 Å². The fourth-order valence-corrected chi connectivity index (χ4v) is 7.13. The minimum atomic E-state index is 0.0461. The Morgan fingerprint density at radius 3 is 2.47 bits per heavy atom. The van der Waals surface area contributed by atoms with Crippen molar-refractivity contribution in [1.29, 1.82) is 0 Å². The SMILES string of the molecule is O=C(c1ccncc1)N1CCc2c(ncnc2NCC23CC4CC(CC(C4)C2)C3)C1. The molecule has 4 saturated carbocycles. The Hall–Kier alpha value is -2.50. The molecule has 2 aromatic rings. The van der Waals surface area contributed by atoms with Gasteiger partial charge in [-0.05, 0) is 80.2 Å². The summed E-state index contributed by atoms with van der Waals surface area (Å²) in [5.74, 6) is 3.93. The lowest BCUT2D eigenvalue weighted by Gasteiger charge is -2.57. The standard InChI is InChI=1S/C24H29N5O/c30-23(19-1-4-25-5-2-19)29-6-3-20-21(13-29)27-15-28-22(20)26-14-24-10-16-7-17(11-24)9-18(8-16)12-24/h1-2,4-5,15-18H,3,6-14H2,(H,26,27,28). The maximum absolute atomic E-state index is 12.8. The first kappa shape index (κ1) is 18.3. The molecule has 5 aliphatic rings. The predicted molar refractivity (Wildman–Crippen MR) is 114 cm³/mol. The largest absolute Gasteiger partial charge is 0.369 e. The van der Waals surface area contributed by atoms with E-state index in [1.165, 1.54) is 44.1 Å². The Morgan fingerprint density at radius 2 is 1.77 bits per heavy atom. The molecule has 0 unspecified atom stereocenters. The fraction of sp³-hybridized carbons (Fsp3) is 0.583. The number of pyridine rings is 1. The van der Waals surface area contributed by atoms with Crippen LogP contribution in [-0.2, 0) is 13.0 Å². The zero-order chi connectivity index (χ0) is 20.1. The van der Waals surface area contributed by atoms with E-state index in [1.807, 2.05) is 4.90 Å². The van der Waals surface area contributed by atoms with Gasteiger partial charge < -0.3 is 10.2 Å². The molecule has 3 heterocycles. The molecule has 1 aliphatic heterocycles.